The van der Waals surface area contributed by atoms with E-state index in [1.807, 2.05) is 0 Å². The molecule has 0 amide bonds. The first-order valence-corrected chi connectivity index (χ1v) is 10.3. The van der Waals surface area contributed by atoms with E-state index in [4.69, 9.17) is 15.2 Å². The lowest BCUT2D eigenvalue weighted by atomic mass is 9.75. The summed E-state index contributed by atoms with van der Waals surface area (Å²) in [5.74, 6) is -0.0872. The monoisotopic (exact) mass is 399 g/mol. The summed E-state index contributed by atoms with van der Waals surface area (Å²) >= 11 is 1.23. The number of nitrogens with two attached hydrogens (primary N) is 1. The number of carbonyl (C=O) groups is 1. The molecule has 0 bridgehead atoms. The predicted molar refractivity (Wildman–Crippen MR) is 100 cm³/mol. The van der Waals surface area contributed by atoms with Gasteiger partial charge in [-0.2, -0.15) is 4.98 Å². The second-order valence-electron chi connectivity index (χ2n) is 7.72. The van der Waals surface area contributed by atoms with Gasteiger partial charge < -0.3 is 15.2 Å². The number of hydrogen-bond acceptors (Lipinski definition) is 7. The van der Waals surface area contributed by atoms with Crippen LogP contribution < -0.4 is 11.4 Å². The zero-order valence-corrected chi connectivity index (χ0v) is 16.6. The van der Waals surface area contributed by atoms with E-state index in [1.54, 1.807) is 0 Å². The molecule has 1 saturated heterocycles. The molecule has 150 valence electrons. The maximum Gasteiger partial charge on any atom is 0.351 e. The van der Waals surface area contributed by atoms with Crippen LogP contribution in [0.1, 0.15) is 46.3 Å². The molecule has 1 saturated carbocycles. The number of ether oxygens (including phenoxy) is 2. The number of halogens is 1. The molecule has 2 fully saturated rings. The topological polar surface area (TPSA) is 96.4 Å². The Morgan fingerprint density at radius 3 is 2.93 bits per heavy atom. The van der Waals surface area contributed by atoms with Crippen LogP contribution in [0.2, 0.25) is 0 Å². The largest absolute Gasteiger partial charge is 0.459 e. The summed E-state index contributed by atoms with van der Waals surface area (Å²) in [6.45, 7) is 6.46. The molecule has 1 aromatic heterocycles. The molecule has 0 radical (unpaired) electrons. The Balaban J connectivity index is 1.65. The fraction of sp³-hybridized carbons (Fsp3) is 0.722. The van der Waals surface area contributed by atoms with Gasteiger partial charge in [0.1, 0.15) is 12.3 Å². The van der Waals surface area contributed by atoms with Crippen molar-refractivity contribution in [3.05, 3.63) is 22.5 Å². The van der Waals surface area contributed by atoms with Gasteiger partial charge in [-0.25, -0.2) is 14.0 Å². The number of nitrogens with zero attached hydrogens (tertiary/aromatic N) is 2. The van der Waals surface area contributed by atoms with Gasteiger partial charge in [0.2, 0.25) is 5.44 Å². The van der Waals surface area contributed by atoms with E-state index in [2.05, 4.69) is 25.8 Å². The van der Waals surface area contributed by atoms with Gasteiger partial charge in [0.25, 0.3) is 0 Å². The molecule has 3 rings (SSSR count). The summed E-state index contributed by atoms with van der Waals surface area (Å²) in [6.07, 6.45) is 3.09. The lowest BCUT2D eigenvalue weighted by molar-refractivity contribution is -0.166. The highest BCUT2D eigenvalue weighted by molar-refractivity contribution is 8.00. The number of esters is 1. The normalized spacial score (nSPS) is 31.2. The molecule has 2 aliphatic rings. The van der Waals surface area contributed by atoms with Crippen LogP contribution in [0.3, 0.4) is 0 Å². The lowest BCUT2D eigenvalue weighted by Gasteiger charge is -2.37. The lowest BCUT2D eigenvalue weighted by Crippen LogP contribution is -2.38. The minimum absolute atomic E-state index is 0.122. The standard InChI is InChI=1S/C18H26FN3O4S/c1-9(2)11-5-4-10(3)6-13(11)25-16(23)17-26-14(8-27-17)22-7-12(19)15(20)21-18(22)24/h7,9-11,13-14,17H,4-6,8H2,1-3H3,(H2,20,21,24)/t10-,11-,13-,14+,17-/m0/s1. The van der Waals surface area contributed by atoms with Crippen molar-refractivity contribution in [2.75, 3.05) is 11.5 Å². The number of thioether (sulfide) groups is 1. The van der Waals surface area contributed by atoms with E-state index < -0.39 is 35.0 Å². The van der Waals surface area contributed by atoms with Gasteiger partial charge in [0, 0.05) is 5.75 Å². The summed E-state index contributed by atoms with van der Waals surface area (Å²) < 4.78 is 26.1. The smallest absolute Gasteiger partial charge is 0.351 e. The highest BCUT2D eigenvalue weighted by Gasteiger charge is 2.39. The van der Waals surface area contributed by atoms with Gasteiger partial charge in [0.15, 0.2) is 11.6 Å². The number of rotatable bonds is 4. The summed E-state index contributed by atoms with van der Waals surface area (Å²) in [4.78, 5) is 28.0. The van der Waals surface area contributed by atoms with E-state index in [-0.39, 0.29) is 6.10 Å². The van der Waals surface area contributed by atoms with Gasteiger partial charge in [-0.05, 0) is 30.6 Å². The van der Waals surface area contributed by atoms with Crippen LogP contribution in [0.15, 0.2) is 11.0 Å². The van der Waals surface area contributed by atoms with Crippen molar-refractivity contribution in [3.8, 4) is 0 Å². The number of carbonyl (C=O) groups excluding carboxylic acids is 1. The molecular formula is C18H26FN3O4S. The fourth-order valence-electron chi connectivity index (χ4n) is 3.78. The Labute approximate surface area is 161 Å². The third kappa shape index (κ3) is 4.45. The van der Waals surface area contributed by atoms with Crippen molar-refractivity contribution in [1.29, 1.82) is 0 Å². The van der Waals surface area contributed by atoms with Crippen LogP contribution in [0.5, 0.6) is 0 Å². The Hall–Kier alpha value is -1.61. The molecule has 0 aromatic carbocycles. The first-order chi connectivity index (χ1) is 12.8. The number of nitrogen functional groups attached to an aromatic ring is 1. The average Bonchev–Trinajstić information content (AvgIpc) is 3.08. The first-order valence-electron chi connectivity index (χ1n) is 9.28. The molecule has 27 heavy (non-hydrogen) atoms. The van der Waals surface area contributed by atoms with E-state index >= 15 is 0 Å². The number of aromatic nitrogens is 2. The number of hydrogen-bond donors (Lipinski definition) is 1. The Morgan fingerprint density at radius 1 is 1.48 bits per heavy atom. The highest BCUT2D eigenvalue weighted by Crippen LogP contribution is 2.37. The van der Waals surface area contributed by atoms with Crippen molar-refractivity contribution in [1.82, 2.24) is 9.55 Å². The summed E-state index contributed by atoms with van der Waals surface area (Å²) in [7, 11) is 0. The molecular weight excluding hydrogens is 373 g/mol. The molecule has 9 heteroatoms. The number of anilines is 1. The minimum atomic E-state index is -0.840. The van der Waals surface area contributed by atoms with Gasteiger partial charge in [-0.3, -0.25) is 4.57 Å². The van der Waals surface area contributed by atoms with E-state index in [1.165, 1.54) is 11.8 Å². The van der Waals surface area contributed by atoms with Crippen molar-refractivity contribution >= 4 is 23.5 Å². The Bertz CT molecular complexity index is 757. The van der Waals surface area contributed by atoms with Gasteiger partial charge >= 0.3 is 11.7 Å². The van der Waals surface area contributed by atoms with E-state index in [0.717, 1.165) is 30.0 Å². The van der Waals surface area contributed by atoms with Crippen molar-refractivity contribution in [2.45, 2.75) is 57.8 Å². The van der Waals surface area contributed by atoms with Crippen LogP contribution >= 0.6 is 11.8 Å². The highest BCUT2D eigenvalue weighted by atomic mass is 32.2. The molecule has 1 aliphatic heterocycles. The Kier molecular flexibility index (Phi) is 6.10. The van der Waals surface area contributed by atoms with Gasteiger partial charge in [0.05, 0.1) is 6.20 Å². The summed E-state index contributed by atoms with van der Waals surface area (Å²) in [5, 5.41) is 0. The van der Waals surface area contributed by atoms with Crippen LogP contribution in [0.4, 0.5) is 10.2 Å². The maximum atomic E-state index is 13.6. The van der Waals surface area contributed by atoms with Crippen molar-refractivity contribution in [2.24, 2.45) is 17.8 Å². The molecule has 2 heterocycles. The van der Waals surface area contributed by atoms with Crippen LogP contribution in [-0.4, -0.2) is 32.8 Å². The zero-order valence-electron chi connectivity index (χ0n) is 15.8. The molecule has 5 atom stereocenters. The van der Waals surface area contributed by atoms with Crippen molar-refractivity contribution in [3.63, 3.8) is 0 Å². The fourth-order valence-corrected chi connectivity index (χ4v) is 4.76. The van der Waals surface area contributed by atoms with Gasteiger partial charge in [-0.1, -0.05) is 27.2 Å². The van der Waals surface area contributed by atoms with E-state index in [0.29, 0.717) is 23.5 Å². The quantitative estimate of drug-likeness (QED) is 0.777. The molecule has 2 N–H and O–H groups in total. The molecule has 0 spiro atoms. The molecule has 0 unspecified atom stereocenters. The first kappa shape index (κ1) is 20.1. The zero-order chi connectivity index (χ0) is 19.7. The minimum Gasteiger partial charge on any atom is -0.459 e. The summed E-state index contributed by atoms with van der Waals surface area (Å²) in [6, 6.07) is 0. The molecule has 7 nitrogen and oxygen atoms in total. The average molecular weight is 399 g/mol. The molecule has 1 aromatic rings. The van der Waals surface area contributed by atoms with Crippen LogP contribution in [-0.2, 0) is 14.3 Å². The van der Waals surface area contributed by atoms with Crippen LogP contribution in [0, 0.1) is 23.6 Å². The van der Waals surface area contributed by atoms with Gasteiger partial charge in [-0.15, -0.1) is 11.8 Å². The van der Waals surface area contributed by atoms with Crippen LogP contribution in [0.25, 0.3) is 0 Å². The third-order valence-corrected chi connectivity index (χ3v) is 6.42. The SMILES string of the molecule is CC(C)[C@@H]1CC[C@H](C)C[C@@H]1OC(=O)[C@H]1O[C@@H](n2cc(F)c(N)nc2=O)CS1. The van der Waals surface area contributed by atoms with Crippen molar-refractivity contribution < 1.29 is 18.7 Å². The summed E-state index contributed by atoms with van der Waals surface area (Å²) in [5.41, 5.74) is 3.74. The Morgan fingerprint density at radius 2 is 2.22 bits per heavy atom. The van der Waals surface area contributed by atoms with E-state index in [9.17, 15) is 14.0 Å². The second kappa shape index (κ2) is 8.18. The predicted octanol–water partition coefficient (Wildman–Crippen LogP) is 2.56. The maximum absolute atomic E-state index is 13.6. The molecule has 1 aliphatic carbocycles. The third-order valence-electron chi connectivity index (χ3n) is 5.34. The second-order valence-corrected chi connectivity index (χ2v) is 8.82.